The van der Waals surface area contributed by atoms with Crippen molar-refractivity contribution in [3.63, 3.8) is 0 Å². The number of unbranched alkanes of at least 4 members (excludes halogenated alkanes) is 2. The molecule has 0 bridgehead atoms. The number of H-pyrrole nitrogens is 1. The Morgan fingerprint density at radius 3 is 2.34 bits per heavy atom. The Bertz CT molecular complexity index is 1680. The molecule has 0 aliphatic rings. The van der Waals surface area contributed by atoms with Crippen LogP contribution in [0.3, 0.4) is 0 Å². The van der Waals surface area contributed by atoms with E-state index in [1.165, 1.54) is 18.3 Å². The zero-order valence-electron chi connectivity index (χ0n) is 27.4. The third-order valence-corrected chi connectivity index (χ3v) is 7.62. The van der Waals surface area contributed by atoms with Crippen molar-refractivity contribution in [2.24, 2.45) is 11.8 Å². The summed E-state index contributed by atoms with van der Waals surface area (Å²) in [5, 5.41) is 24.7. The van der Waals surface area contributed by atoms with Crippen molar-refractivity contribution in [1.29, 1.82) is 0 Å². The lowest BCUT2D eigenvalue weighted by molar-refractivity contribution is -0.144. The van der Waals surface area contributed by atoms with Crippen molar-refractivity contribution < 1.29 is 43.8 Å². The second-order valence-electron chi connectivity index (χ2n) is 11.5. The highest BCUT2D eigenvalue weighted by atomic mass is 16.6. The molecule has 3 rings (SSSR count). The first-order chi connectivity index (χ1) is 24.0. The fourth-order valence-electron chi connectivity index (χ4n) is 4.89. The van der Waals surface area contributed by atoms with Crippen LogP contribution in [-0.2, 0) is 35.3 Å². The molecule has 0 aliphatic heterocycles. The summed E-state index contributed by atoms with van der Waals surface area (Å²) < 4.78 is 5.20. The molecule has 0 saturated heterocycles. The number of benzene rings is 1. The van der Waals surface area contributed by atoms with Gasteiger partial charge in [-0.1, -0.05) is 12.8 Å². The van der Waals surface area contributed by atoms with Gasteiger partial charge in [-0.3, -0.25) is 29.0 Å². The summed E-state index contributed by atoms with van der Waals surface area (Å²) in [6.45, 7) is 1.01. The van der Waals surface area contributed by atoms with Crippen LogP contribution in [0.1, 0.15) is 73.8 Å². The van der Waals surface area contributed by atoms with E-state index < -0.39 is 41.1 Å². The summed E-state index contributed by atoms with van der Waals surface area (Å²) >= 11 is 0. The second kappa shape index (κ2) is 20.2. The Morgan fingerprint density at radius 2 is 1.64 bits per heavy atom. The minimum Gasteiger partial charge on any atom is -0.481 e. The lowest BCUT2D eigenvalue weighted by Gasteiger charge is -2.16. The topological polar surface area (TPSA) is 292 Å². The van der Waals surface area contributed by atoms with Crippen molar-refractivity contribution in [3.05, 3.63) is 52.1 Å². The number of carbonyl (C=O) groups excluding carboxylic acids is 3. The van der Waals surface area contributed by atoms with Gasteiger partial charge in [0.15, 0.2) is 11.2 Å². The molecule has 1 amide bonds. The number of nitrogen functional groups attached to an aromatic ring is 1. The highest BCUT2D eigenvalue weighted by Gasteiger charge is 2.25. The van der Waals surface area contributed by atoms with E-state index in [1.54, 1.807) is 12.1 Å². The maximum atomic E-state index is 12.8. The van der Waals surface area contributed by atoms with E-state index >= 15 is 0 Å². The molecule has 0 spiro atoms. The van der Waals surface area contributed by atoms with E-state index in [0.29, 0.717) is 43.7 Å². The van der Waals surface area contributed by atoms with Gasteiger partial charge in [-0.25, -0.2) is 20.7 Å². The number of rotatable bonds is 24. The number of amides is 1. The largest absolute Gasteiger partial charge is 0.481 e. The van der Waals surface area contributed by atoms with Gasteiger partial charge in [0.25, 0.3) is 11.5 Å². The molecule has 2 atom stereocenters. The molecule has 9 N–H and O–H groups in total. The number of aromatic amines is 1. The summed E-state index contributed by atoms with van der Waals surface area (Å²) in [7, 11) is 0. The molecule has 0 fully saturated rings. The van der Waals surface area contributed by atoms with Gasteiger partial charge >= 0.3 is 11.9 Å². The number of aromatic nitrogens is 4. The molecule has 1 aromatic carbocycles. The number of anilines is 2. The van der Waals surface area contributed by atoms with Crippen LogP contribution in [-0.4, -0.2) is 85.4 Å². The second-order valence-corrected chi connectivity index (χ2v) is 11.5. The number of nitrogens with one attached hydrogen (secondary N) is 3. The minimum atomic E-state index is -1.37. The Labute approximate surface area is 286 Å². The van der Waals surface area contributed by atoms with Crippen LogP contribution in [0.15, 0.2) is 35.3 Å². The molecule has 0 radical (unpaired) electrons. The van der Waals surface area contributed by atoms with Gasteiger partial charge < -0.3 is 36.2 Å². The van der Waals surface area contributed by atoms with E-state index in [2.05, 4.69) is 35.4 Å². The number of nitrogens with two attached hydrogens (primary N) is 2. The first kappa shape index (κ1) is 39.1. The van der Waals surface area contributed by atoms with E-state index in [4.69, 9.17) is 16.4 Å². The summed E-state index contributed by atoms with van der Waals surface area (Å²) in [4.78, 5) is 91.9. The smallest absolute Gasteiger partial charge is 0.326 e. The normalized spacial score (nSPS) is 12.3. The van der Waals surface area contributed by atoms with E-state index in [-0.39, 0.29) is 80.3 Å². The maximum absolute atomic E-state index is 12.8. The van der Waals surface area contributed by atoms with Gasteiger partial charge in [0.1, 0.15) is 17.6 Å². The predicted octanol–water partition coefficient (Wildman–Crippen LogP) is 1.35. The van der Waals surface area contributed by atoms with Crippen LogP contribution >= 0.6 is 0 Å². The molecule has 2 heterocycles. The number of ketones is 2. The Morgan fingerprint density at radius 1 is 0.880 bits per heavy atom. The first-order valence-electron chi connectivity index (χ1n) is 16.0. The lowest BCUT2D eigenvalue weighted by Crippen LogP contribution is -2.41. The van der Waals surface area contributed by atoms with Gasteiger partial charge in [0, 0.05) is 36.9 Å². The number of hydrogen-bond acceptors (Lipinski definition) is 14. The van der Waals surface area contributed by atoms with Crippen LogP contribution < -0.4 is 27.8 Å². The van der Waals surface area contributed by atoms with Gasteiger partial charge in [0.2, 0.25) is 5.95 Å². The average Bonchev–Trinajstić information content (AvgIpc) is 3.08. The third kappa shape index (κ3) is 13.3. The van der Waals surface area contributed by atoms with Crippen LogP contribution in [0.4, 0.5) is 11.6 Å². The number of carboxylic acid groups (broad SMARTS) is 2. The number of ether oxygens (including phenoxy) is 1. The number of carbonyl (C=O) groups is 5. The fraction of sp³-hybridized carbons (Fsp3) is 0.469. The van der Waals surface area contributed by atoms with Gasteiger partial charge in [-0.2, -0.15) is 4.98 Å². The van der Waals surface area contributed by atoms with Gasteiger partial charge in [-0.05, 0) is 43.5 Å². The molecule has 2 aromatic heterocycles. The van der Waals surface area contributed by atoms with Crippen LogP contribution in [0.2, 0.25) is 0 Å². The summed E-state index contributed by atoms with van der Waals surface area (Å²) in [6.07, 6.45) is 3.30. The van der Waals surface area contributed by atoms with Crippen molar-refractivity contribution in [2.45, 2.75) is 70.4 Å². The number of nitrogens with zero attached hydrogens (tertiary/aromatic N) is 3. The number of carboxylic acids is 2. The van der Waals surface area contributed by atoms with E-state index in [1.807, 2.05) is 0 Å². The quantitative estimate of drug-likeness (QED) is 0.0513. The third-order valence-electron chi connectivity index (χ3n) is 7.62. The van der Waals surface area contributed by atoms with Crippen molar-refractivity contribution in [1.82, 2.24) is 25.3 Å². The lowest BCUT2D eigenvalue weighted by atomic mass is 9.93. The Kier molecular flexibility index (Phi) is 15.8. The molecule has 0 aliphatic carbocycles. The average molecular weight is 699 g/mol. The number of aliphatic carboxylic acids is 2. The van der Waals surface area contributed by atoms with Crippen LogP contribution in [0, 0.1) is 5.92 Å². The van der Waals surface area contributed by atoms with E-state index in [9.17, 15) is 39.0 Å². The SMILES string of the molecule is NOCCOCCC(=O)CCCCC[C@H](CC(=O)CC[C@H](NC(=O)c1ccc(NCc2cnc3nc(N)[nH]c(=O)c3n2)cc1)C(=O)O)C(=O)O. The Balaban J connectivity index is 1.40. The number of Topliss-reactive ketones (excluding diaryl/α,β-unsaturated/α-hetero) is 2. The highest BCUT2D eigenvalue weighted by Crippen LogP contribution is 2.18. The summed E-state index contributed by atoms with van der Waals surface area (Å²) in [6, 6.07) is 4.78. The summed E-state index contributed by atoms with van der Waals surface area (Å²) in [5.41, 5.74) is 6.37. The van der Waals surface area contributed by atoms with Crippen molar-refractivity contribution >= 4 is 52.2 Å². The highest BCUT2D eigenvalue weighted by molar-refractivity contribution is 5.97. The van der Waals surface area contributed by atoms with Crippen molar-refractivity contribution in [3.8, 4) is 0 Å². The molecule has 0 saturated carbocycles. The van der Waals surface area contributed by atoms with E-state index in [0.717, 1.165) is 0 Å². The molecular weight excluding hydrogens is 656 g/mol. The summed E-state index contributed by atoms with van der Waals surface area (Å²) in [5.74, 6) is 0.359. The zero-order valence-corrected chi connectivity index (χ0v) is 27.4. The molecule has 3 aromatic rings. The molecular formula is C32H42N8O10. The Hall–Kier alpha value is -5.33. The van der Waals surface area contributed by atoms with Crippen LogP contribution in [0.5, 0.6) is 0 Å². The fourth-order valence-corrected chi connectivity index (χ4v) is 4.89. The molecule has 270 valence electrons. The maximum Gasteiger partial charge on any atom is 0.326 e. The van der Waals surface area contributed by atoms with Crippen molar-refractivity contribution in [2.75, 3.05) is 30.9 Å². The number of hydrogen-bond donors (Lipinski definition) is 7. The van der Waals surface area contributed by atoms with Gasteiger partial charge in [0.05, 0.1) is 44.2 Å². The molecule has 50 heavy (non-hydrogen) atoms. The van der Waals surface area contributed by atoms with Crippen LogP contribution in [0.25, 0.3) is 11.2 Å². The first-order valence-corrected chi connectivity index (χ1v) is 16.0. The number of fused-ring (bicyclic) bond motifs is 1. The molecule has 0 unspecified atom stereocenters. The van der Waals surface area contributed by atoms with Gasteiger partial charge in [-0.15, -0.1) is 0 Å². The minimum absolute atomic E-state index is 0.0344. The standard InChI is InChI=1S/C32H42N8O10/c33-32-39-27-26(29(44)40-32)37-22(18-36-27)17-35-21-8-6-19(7-9-21)28(43)38-25(31(47)48)11-10-24(42)16-20(30(45)46)4-2-1-3-5-23(41)12-13-49-14-15-50-34/h6-9,18,20,25,35H,1-5,10-17,34H2,(H,38,43)(H,45,46)(H,47,48)(H3,33,36,39,40,44)/t20-,25+/m1/s1. The predicted molar refractivity (Wildman–Crippen MR) is 179 cm³/mol. The zero-order chi connectivity index (χ0) is 36.5. The molecule has 18 nitrogen and oxygen atoms in total. The monoisotopic (exact) mass is 698 g/mol. The molecule has 18 heteroatoms.